The number of amidine groups is 1. The number of aliphatic imine (C=N–C) groups is 2. The van der Waals surface area contributed by atoms with Gasteiger partial charge >= 0.3 is 0 Å². The molecule has 0 bridgehead atoms. The van der Waals surface area contributed by atoms with Crippen LogP contribution in [0.15, 0.2) is 69.7 Å². The Labute approximate surface area is 291 Å². The van der Waals surface area contributed by atoms with Gasteiger partial charge in [0.1, 0.15) is 18.1 Å². The second kappa shape index (κ2) is 21.2. The number of amides is 4. The topological polar surface area (TPSA) is 304 Å². The maximum atomic E-state index is 13.7. The van der Waals surface area contributed by atoms with Crippen LogP contribution in [0.4, 0.5) is 0 Å². The monoisotopic (exact) mass is 694 g/mol. The van der Waals surface area contributed by atoms with Gasteiger partial charge in [0, 0.05) is 25.2 Å². The van der Waals surface area contributed by atoms with Gasteiger partial charge in [-0.1, -0.05) is 73.6 Å². The van der Waals surface area contributed by atoms with Crippen molar-refractivity contribution in [1.29, 1.82) is 0 Å². The predicted molar refractivity (Wildman–Crippen MR) is 191 cm³/mol. The number of rotatable bonds is 20. The molecule has 15 N–H and O–H groups in total. The number of hydrogen-bond donors (Lipinski definition) is 10. The van der Waals surface area contributed by atoms with E-state index < -0.39 is 35.8 Å². The Morgan fingerprint density at radius 3 is 1.78 bits per heavy atom. The molecule has 0 saturated carbocycles. The number of guanidine groups is 2. The fraction of sp³-hybridized carbons (Fsp3) is 0.424. The van der Waals surface area contributed by atoms with Gasteiger partial charge in [0.2, 0.25) is 23.6 Å². The van der Waals surface area contributed by atoms with Crippen LogP contribution in [-0.4, -0.2) is 77.8 Å². The van der Waals surface area contributed by atoms with Crippen molar-refractivity contribution in [1.82, 2.24) is 21.3 Å². The van der Waals surface area contributed by atoms with E-state index in [-0.39, 0.29) is 68.5 Å². The van der Waals surface area contributed by atoms with E-state index >= 15 is 0 Å². The molecular weight excluding hydrogens is 644 g/mol. The molecule has 2 aromatic carbocycles. The van der Waals surface area contributed by atoms with Gasteiger partial charge < -0.3 is 55.1 Å². The van der Waals surface area contributed by atoms with Crippen LogP contribution in [0, 0.1) is 5.92 Å². The maximum Gasteiger partial charge on any atom is 0.243 e. The van der Waals surface area contributed by atoms with Crippen molar-refractivity contribution < 1.29 is 24.4 Å². The van der Waals surface area contributed by atoms with Gasteiger partial charge in [-0.15, -0.1) is 0 Å². The summed E-state index contributed by atoms with van der Waals surface area (Å²) in [6, 6.07) is 12.7. The summed E-state index contributed by atoms with van der Waals surface area (Å²) in [4.78, 5) is 61.4. The highest BCUT2D eigenvalue weighted by molar-refractivity contribution is 5.97. The van der Waals surface area contributed by atoms with Gasteiger partial charge in [-0.05, 0) is 42.7 Å². The third kappa shape index (κ3) is 14.9. The molecule has 0 aliphatic carbocycles. The van der Waals surface area contributed by atoms with Crippen molar-refractivity contribution in [3.8, 4) is 0 Å². The zero-order valence-corrected chi connectivity index (χ0v) is 28.5. The van der Waals surface area contributed by atoms with Crippen LogP contribution in [0.3, 0.4) is 0 Å². The van der Waals surface area contributed by atoms with Crippen LogP contribution in [0.25, 0.3) is 0 Å². The van der Waals surface area contributed by atoms with E-state index in [1.807, 2.05) is 18.2 Å². The quantitative estimate of drug-likeness (QED) is 0.0261. The first-order valence-electron chi connectivity index (χ1n) is 16.2. The first-order chi connectivity index (χ1) is 23.8. The standard InChI is InChI=1S/C33H50N12O5/c1-20(2)27(44-30(48)25(11-7-17-40-33(37)38)42-26(46)18-21-8-4-3-5-9-21)31(49)43-24(10-6-16-39-32(35)36)29(47)41-19-22-12-14-23(15-13-22)28(34)45-50/h3-5,8-9,12-15,20,24-25,27,50H,6-7,10-11,16-19H2,1-2H3,(H2,34,45)(H,41,47)(H,42,46)(H,43,49)(H,44,48)(H4,35,36,39)(H4,37,38,40)/t24-,25-,27-/m0/s1. The Bertz CT molecular complexity index is 1490. The summed E-state index contributed by atoms with van der Waals surface area (Å²) in [6.07, 6.45) is 1.20. The summed E-state index contributed by atoms with van der Waals surface area (Å²) in [6.45, 7) is 4.09. The van der Waals surface area contributed by atoms with Gasteiger partial charge in [-0.25, -0.2) is 0 Å². The lowest BCUT2D eigenvalue weighted by molar-refractivity contribution is -0.134. The van der Waals surface area contributed by atoms with Crippen LogP contribution in [-0.2, 0) is 32.1 Å². The largest absolute Gasteiger partial charge is 0.409 e. The highest BCUT2D eigenvalue weighted by Gasteiger charge is 2.31. The summed E-state index contributed by atoms with van der Waals surface area (Å²) in [5, 5.41) is 23.0. The van der Waals surface area contributed by atoms with Crippen LogP contribution in [0.5, 0.6) is 0 Å². The molecule has 3 atom stereocenters. The Morgan fingerprint density at radius 2 is 1.26 bits per heavy atom. The molecule has 0 heterocycles. The molecular formula is C33H50N12O5. The van der Waals surface area contributed by atoms with E-state index in [9.17, 15) is 19.2 Å². The second-order valence-electron chi connectivity index (χ2n) is 11.9. The van der Waals surface area contributed by atoms with Gasteiger partial charge in [0.25, 0.3) is 0 Å². The normalized spacial score (nSPS) is 12.9. The molecule has 0 unspecified atom stereocenters. The van der Waals surface area contributed by atoms with Crippen molar-refractivity contribution in [2.24, 2.45) is 49.7 Å². The van der Waals surface area contributed by atoms with Crippen molar-refractivity contribution in [2.45, 2.75) is 70.6 Å². The molecule has 4 amide bonds. The molecule has 2 aromatic rings. The number of carbonyl (C=O) groups is 4. The molecule has 2 rings (SSSR count). The van der Waals surface area contributed by atoms with Crippen LogP contribution in [0.1, 0.15) is 56.2 Å². The third-order valence-electron chi connectivity index (χ3n) is 7.45. The Balaban J connectivity index is 2.18. The zero-order valence-electron chi connectivity index (χ0n) is 28.5. The number of benzene rings is 2. The molecule has 0 aliphatic rings. The Kier molecular flexibility index (Phi) is 17.1. The molecule has 0 aromatic heterocycles. The minimum atomic E-state index is -1.05. The summed E-state index contributed by atoms with van der Waals surface area (Å²) in [5.74, 6) is -2.64. The highest BCUT2D eigenvalue weighted by Crippen LogP contribution is 2.09. The zero-order chi connectivity index (χ0) is 37.1. The number of carbonyl (C=O) groups excluding carboxylic acids is 4. The minimum absolute atomic E-state index is 0.0530. The molecule has 272 valence electrons. The van der Waals surface area contributed by atoms with E-state index in [1.165, 1.54) is 0 Å². The summed E-state index contributed by atoms with van der Waals surface area (Å²) >= 11 is 0. The van der Waals surface area contributed by atoms with Gasteiger partial charge in [-0.3, -0.25) is 29.2 Å². The van der Waals surface area contributed by atoms with Crippen LogP contribution >= 0.6 is 0 Å². The molecule has 50 heavy (non-hydrogen) atoms. The number of nitrogens with one attached hydrogen (secondary N) is 4. The van der Waals surface area contributed by atoms with E-state index in [0.717, 1.165) is 11.1 Å². The molecule has 17 nitrogen and oxygen atoms in total. The first-order valence-corrected chi connectivity index (χ1v) is 16.2. The van der Waals surface area contributed by atoms with Crippen molar-refractivity contribution in [2.75, 3.05) is 13.1 Å². The Hall–Kier alpha value is -5.87. The predicted octanol–water partition coefficient (Wildman–Crippen LogP) is -1.14. The molecule has 0 radical (unpaired) electrons. The van der Waals surface area contributed by atoms with Crippen LogP contribution in [0.2, 0.25) is 0 Å². The van der Waals surface area contributed by atoms with Crippen molar-refractivity contribution in [3.63, 3.8) is 0 Å². The Morgan fingerprint density at radius 1 is 0.700 bits per heavy atom. The SMILES string of the molecule is CC(C)[C@H](NC(=O)[C@H](CCCN=C(N)N)NC(=O)Cc1ccccc1)C(=O)N[C@@H](CCCN=C(N)N)C(=O)NCc1ccc(/C(N)=N/O)cc1. The van der Waals surface area contributed by atoms with E-state index in [2.05, 4.69) is 36.4 Å². The number of nitrogens with two attached hydrogens (primary N) is 5. The first kappa shape index (κ1) is 40.3. The average molecular weight is 695 g/mol. The van der Waals surface area contributed by atoms with Crippen LogP contribution < -0.4 is 49.9 Å². The molecule has 17 heteroatoms. The lowest BCUT2D eigenvalue weighted by Crippen LogP contribution is -2.58. The van der Waals surface area contributed by atoms with E-state index in [4.69, 9.17) is 33.9 Å². The van der Waals surface area contributed by atoms with Gasteiger partial charge in [0.15, 0.2) is 17.8 Å². The minimum Gasteiger partial charge on any atom is -0.409 e. The van der Waals surface area contributed by atoms with Crippen molar-refractivity contribution in [3.05, 3.63) is 71.3 Å². The van der Waals surface area contributed by atoms with E-state index in [1.54, 1.807) is 50.2 Å². The summed E-state index contributed by atoms with van der Waals surface area (Å²) < 4.78 is 0. The number of hydrogen-bond acceptors (Lipinski definition) is 8. The molecule has 0 saturated heterocycles. The van der Waals surface area contributed by atoms with Gasteiger partial charge in [-0.2, -0.15) is 0 Å². The number of oxime groups is 1. The summed E-state index contributed by atoms with van der Waals surface area (Å²) in [5.41, 5.74) is 29.3. The van der Waals surface area contributed by atoms with Crippen molar-refractivity contribution >= 4 is 41.4 Å². The number of nitrogens with zero attached hydrogens (tertiary/aromatic N) is 3. The second-order valence-corrected chi connectivity index (χ2v) is 11.9. The smallest absolute Gasteiger partial charge is 0.243 e. The fourth-order valence-electron chi connectivity index (χ4n) is 4.79. The lowest BCUT2D eigenvalue weighted by Gasteiger charge is -2.27. The highest BCUT2D eigenvalue weighted by atomic mass is 16.4. The maximum absolute atomic E-state index is 13.7. The molecule has 0 spiro atoms. The average Bonchev–Trinajstić information content (AvgIpc) is 3.08. The third-order valence-corrected chi connectivity index (χ3v) is 7.45. The lowest BCUT2D eigenvalue weighted by atomic mass is 10.0. The summed E-state index contributed by atoms with van der Waals surface area (Å²) in [7, 11) is 0. The molecule has 0 fully saturated rings. The molecule has 0 aliphatic heterocycles. The van der Waals surface area contributed by atoms with Gasteiger partial charge in [0.05, 0.1) is 6.42 Å². The van der Waals surface area contributed by atoms with E-state index in [0.29, 0.717) is 18.4 Å². The fourth-order valence-corrected chi connectivity index (χ4v) is 4.79.